The second-order valence-electron chi connectivity index (χ2n) is 5.32. The Balaban J connectivity index is 0.00000128. The third kappa shape index (κ3) is 2.89. The van der Waals surface area contributed by atoms with E-state index >= 15 is 0 Å². The Kier molecular flexibility index (Phi) is 4.62. The molecule has 4 heteroatoms. The zero-order valence-corrected chi connectivity index (χ0v) is 11.0. The van der Waals surface area contributed by atoms with Gasteiger partial charge in [0.05, 0.1) is 0 Å². The standard InChI is InChI=1S/C12H22N2O.ClH/c1-3-12(2)7-10(12)11(15)14-9-5-4-6-13-8-9;/h9-10,13H,3-8H2,1-2H3,(H,14,15);1H. The molecule has 16 heavy (non-hydrogen) atoms. The molecule has 2 fully saturated rings. The molecule has 1 aliphatic heterocycles. The van der Waals surface area contributed by atoms with E-state index in [0.29, 0.717) is 11.5 Å². The summed E-state index contributed by atoms with van der Waals surface area (Å²) in [6.07, 6.45) is 4.51. The Morgan fingerprint density at radius 1 is 1.56 bits per heavy atom. The number of hydrogen-bond acceptors (Lipinski definition) is 2. The summed E-state index contributed by atoms with van der Waals surface area (Å²) in [5.41, 5.74) is 0.298. The van der Waals surface area contributed by atoms with Crippen LogP contribution in [0.1, 0.15) is 39.5 Å². The van der Waals surface area contributed by atoms with Crippen LogP contribution in [0, 0.1) is 11.3 Å². The van der Waals surface area contributed by atoms with E-state index in [4.69, 9.17) is 0 Å². The summed E-state index contributed by atoms with van der Waals surface area (Å²) in [7, 11) is 0. The summed E-state index contributed by atoms with van der Waals surface area (Å²) in [6, 6.07) is 0.368. The fourth-order valence-electron chi connectivity index (χ4n) is 2.48. The zero-order chi connectivity index (χ0) is 10.9. The first-order chi connectivity index (χ1) is 7.15. The Morgan fingerprint density at radius 3 is 2.81 bits per heavy atom. The maximum Gasteiger partial charge on any atom is 0.223 e. The molecule has 2 rings (SSSR count). The second kappa shape index (κ2) is 5.37. The van der Waals surface area contributed by atoms with E-state index in [1.807, 2.05) is 0 Å². The average molecular weight is 247 g/mol. The molecule has 0 bridgehead atoms. The molecule has 1 heterocycles. The highest BCUT2D eigenvalue weighted by atomic mass is 35.5. The highest BCUT2D eigenvalue weighted by Gasteiger charge is 2.53. The van der Waals surface area contributed by atoms with Gasteiger partial charge in [-0.2, -0.15) is 0 Å². The number of carbonyl (C=O) groups is 1. The molecule has 0 aromatic heterocycles. The SMILES string of the molecule is CCC1(C)CC1C(=O)NC1CCCNC1.Cl. The Labute approximate surface area is 104 Å². The van der Waals surface area contributed by atoms with Gasteiger partial charge in [0.15, 0.2) is 0 Å². The van der Waals surface area contributed by atoms with Crippen LogP contribution in [0.3, 0.4) is 0 Å². The molecule has 1 saturated heterocycles. The molecular formula is C12H23ClN2O. The van der Waals surface area contributed by atoms with E-state index in [1.54, 1.807) is 0 Å². The van der Waals surface area contributed by atoms with Gasteiger partial charge in [-0.3, -0.25) is 4.79 Å². The molecule has 2 aliphatic rings. The predicted octanol–water partition coefficient (Wildman–Crippen LogP) is 1.71. The van der Waals surface area contributed by atoms with E-state index in [-0.39, 0.29) is 24.2 Å². The van der Waals surface area contributed by atoms with E-state index in [9.17, 15) is 4.79 Å². The lowest BCUT2D eigenvalue weighted by atomic mass is 10.0. The number of hydrogen-bond donors (Lipinski definition) is 2. The lowest BCUT2D eigenvalue weighted by molar-refractivity contribution is -0.123. The maximum absolute atomic E-state index is 11.9. The molecular weight excluding hydrogens is 224 g/mol. The van der Waals surface area contributed by atoms with E-state index in [0.717, 1.165) is 32.4 Å². The number of nitrogens with one attached hydrogen (secondary N) is 2. The van der Waals surface area contributed by atoms with Crippen LogP contribution in [0.2, 0.25) is 0 Å². The van der Waals surface area contributed by atoms with Gasteiger partial charge in [-0.05, 0) is 37.6 Å². The molecule has 3 unspecified atom stereocenters. The molecule has 0 aromatic rings. The molecule has 2 N–H and O–H groups in total. The van der Waals surface area contributed by atoms with Crippen LogP contribution < -0.4 is 10.6 Å². The molecule has 3 nitrogen and oxygen atoms in total. The number of rotatable bonds is 3. The second-order valence-corrected chi connectivity index (χ2v) is 5.32. The number of amides is 1. The van der Waals surface area contributed by atoms with Gasteiger partial charge in [-0.15, -0.1) is 12.4 Å². The van der Waals surface area contributed by atoms with Crippen LogP contribution in [0.25, 0.3) is 0 Å². The molecule has 0 spiro atoms. The molecule has 0 radical (unpaired) electrons. The minimum absolute atomic E-state index is 0. The van der Waals surface area contributed by atoms with Crippen LogP contribution in [0.4, 0.5) is 0 Å². The molecule has 1 saturated carbocycles. The van der Waals surface area contributed by atoms with Crippen LogP contribution in [0.15, 0.2) is 0 Å². The van der Waals surface area contributed by atoms with Crippen LogP contribution in [0.5, 0.6) is 0 Å². The van der Waals surface area contributed by atoms with E-state index in [1.165, 1.54) is 6.42 Å². The summed E-state index contributed by atoms with van der Waals surface area (Å²) >= 11 is 0. The number of halogens is 1. The Morgan fingerprint density at radius 2 is 2.31 bits per heavy atom. The third-order valence-electron chi connectivity index (χ3n) is 4.12. The summed E-state index contributed by atoms with van der Waals surface area (Å²) < 4.78 is 0. The van der Waals surface area contributed by atoms with Crippen molar-refractivity contribution in [3.8, 4) is 0 Å². The Bertz CT molecular complexity index is 253. The van der Waals surface area contributed by atoms with Gasteiger partial charge in [0, 0.05) is 18.5 Å². The van der Waals surface area contributed by atoms with Gasteiger partial charge >= 0.3 is 0 Å². The summed E-state index contributed by atoms with van der Waals surface area (Å²) in [5.74, 6) is 0.567. The summed E-state index contributed by atoms with van der Waals surface area (Å²) in [4.78, 5) is 11.9. The van der Waals surface area contributed by atoms with Crippen molar-refractivity contribution >= 4 is 18.3 Å². The van der Waals surface area contributed by atoms with Crippen molar-refractivity contribution in [1.82, 2.24) is 10.6 Å². The van der Waals surface area contributed by atoms with Crippen LogP contribution >= 0.6 is 12.4 Å². The van der Waals surface area contributed by atoms with Crippen molar-refractivity contribution in [3.63, 3.8) is 0 Å². The van der Waals surface area contributed by atoms with Crippen LogP contribution in [-0.4, -0.2) is 25.0 Å². The minimum atomic E-state index is 0. The normalized spacial score (nSPS) is 37.4. The first-order valence-corrected chi connectivity index (χ1v) is 6.17. The van der Waals surface area contributed by atoms with Crippen molar-refractivity contribution in [3.05, 3.63) is 0 Å². The predicted molar refractivity (Wildman–Crippen MR) is 67.8 cm³/mol. The van der Waals surface area contributed by atoms with Crippen LogP contribution in [-0.2, 0) is 4.79 Å². The maximum atomic E-state index is 11.9. The highest BCUT2D eigenvalue weighted by Crippen LogP contribution is 2.54. The van der Waals surface area contributed by atoms with Crippen molar-refractivity contribution in [1.29, 1.82) is 0 Å². The quantitative estimate of drug-likeness (QED) is 0.796. The molecule has 1 amide bonds. The Hall–Kier alpha value is -0.280. The van der Waals surface area contributed by atoms with Gasteiger partial charge in [0.2, 0.25) is 5.91 Å². The largest absolute Gasteiger partial charge is 0.352 e. The molecule has 0 aromatic carbocycles. The molecule has 3 atom stereocenters. The fourth-order valence-corrected chi connectivity index (χ4v) is 2.48. The van der Waals surface area contributed by atoms with Crippen molar-refractivity contribution < 1.29 is 4.79 Å². The van der Waals surface area contributed by atoms with E-state index < -0.39 is 0 Å². The van der Waals surface area contributed by atoms with Gasteiger partial charge in [0.1, 0.15) is 0 Å². The summed E-state index contributed by atoms with van der Waals surface area (Å²) in [6.45, 7) is 6.44. The lowest BCUT2D eigenvalue weighted by Gasteiger charge is -2.24. The van der Waals surface area contributed by atoms with Gasteiger partial charge in [0.25, 0.3) is 0 Å². The van der Waals surface area contributed by atoms with Gasteiger partial charge in [-0.1, -0.05) is 13.8 Å². The first kappa shape index (κ1) is 13.8. The topological polar surface area (TPSA) is 41.1 Å². The van der Waals surface area contributed by atoms with Gasteiger partial charge < -0.3 is 10.6 Å². The lowest BCUT2D eigenvalue weighted by Crippen LogP contribution is -2.46. The smallest absolute Gasteiger partial charge is 0.223 e. The zero-order valence-electron chi connectivity index (χ0n) is 10.2. The van der Waals surface area contributed by atoms with Crippen molar-refractivity contribution in [2.75, 3.05) is 13.1 Å². The minimum Gasteiger partial charge on any atom is -0.352 e. The third-order valence-corrected chi connectivity index (χ3v) is 4.12. The summed E-state index contributed by atoms with van der Waals surface area (Å²) in [5, 5.41) is 6.49. The highest BCUT2D eigenvalue weighted by molar-refractivity contribution is 5.85. The molecule has 1 aliphatic carbocycles. The number of piperidine rings is 1. The molecule has 94 valence electrons. The number of carbonyl (C=O) groups excluding carboxylic acids is 1. The van der Waals surface area contributed by atoms with Crippen molar-refractivity contribution in [2.24, 2.45) is 11.3 Å². The average Bonchev–Trinajstić information content (AvgIpc) is 2.93. The first-order valence-electron chi connectivity index (χ1n) is 6.17. The van der Waals surface area contributed by atoms with Crippen molar-refractivity contribution in [2.45, 2.75) is 45.6 Å². The van der Waals surface area contributed by atoms with Gasteiger partial charge in [-0.25, -0.2) is 0 Å². The fraction of sp³-hybridized carbons (Fsp3) is 0.917. The van der Waals surface area contributed by atoms with E-state index in [2.05, 4.69) is 24.5 Å². The monoisotopic (exact) mass is 246 g/mol.